The number of nitrogens with zero attached hydrogens (tertiary/aromatic N) is 4. The highest BCUT2D eigenvalue weighted by molar-refractivity contribution is 6.11. The molecule has 2 aromatic heterocycles. The van der Waals surface area contributed by atoms with Gasteiger partial charge in [0.15, 0.2) is 17.5 Å². The zero-order valence-electron chi connectivity index (χ0n) is 33.9. The van der Waals surface area contributed by atoms with Crippen LogP contribution in [0.3, 0.4) is 0 Å². The molecule has 0 atom stereocenters. The van der Waals surface area contributed by atoms with Crippen LogP contribution in [-0.4, -0.2) is 19.5 Å². The quantitative estimate of drug-likeness (QED) is 0.162. The van der Waals surface area contributed by atoms with Crippen molar-refractivity contribution in [1.29, 1.82) is 0 Å². The molecule has 0 bridgehead atoms. The summed E-state index contributed by atoms with van der Waals surface area (Å²) >= 11 is 0. The molecule has 0 radical (unpaired) electrons. The fraction of sp³-hybridized carbons (Fsp3) is 0.0727. The van der Waals surface area contributed by atoms with Crippen LogP contribution in [-0.2, 0) is 0 Å². The summed E-state index contributed by atoms with van der Waals surface area (Å²) in [6.45, 7) is 8.57. The summed E-state index contributed by atoms with van der Waals surface area (Å²) in [7, 11) is 0. The molecule has 0 saturated heterocycles. The molecule has 0 saturated carbocycles. The molecule has 10 aromatic rings. The van der Waals surface area contributed by atoms with E-state index < -0.39 is 0 Å². The maximum atomic E-state index is 16.2. The Kier molecular flexibility index (Phi) is 9.22. The Morgan fingerprint density at radius 2 is 0.817 bits per heavy atom. The van der Waals surface area contributed by atoms with E-state index in [0.717, 1.165) is 49.7 Å². The monoisotopic (exact) mass is 776 g/mol. The molecule has 4 nitrogen and oxygen atoms in total. The van der Waals surface area contributed by atoms with Gasteiger partial charge < -0.3 is 4.57 Å². The topological polar surface area (TPSA) is 43.6 Å². The van der Waals surface area contributed by atoms with E-state index in [4.69, 9.17) is 15.0 Å². The van der Waals surface area contributed by atoms with Gasteiger partial charge in [-0.1, -0.05) is 162 Å². The van der Waals surface area contributed by atoms with Gasteiger partial charge in [-0.25, -0.2) is 19.3 Å². The molecule has 60 heavy (non-hydrogen) atoms. The Balaban J connectivity index is 1.25. The summed E-state index contributed by atoms with van der Waals surface area (Å²) < 4.78 is 18.5. The van der Waals surface area contributed by atoms with Crippen LogP contribution in [0.4, 0.5) is 4.39 Å². The predicted octanol–water partition coefficient (Wildman–Crippen LogP) is 14.3. The molecule has 0 unspecified atom stereocenters. The van der Waals surface area contributed by atoms with Gasteiger partial charge >= 0.3 is 0 Å². The third-order valence-corrected chi connectivity index (χ3v) is 11.2. The van der Waals surface area contributed by atoms with E-state index in [1.54, 1.807) is 6.07 Å². The smallest absolute Gasteiger partial charge is 0.164 e. The van der Waals surface area contributed by atoms with Crippen LogP contribution in [0.25, 0.3) is 95.0 Å². The van der Waals surface area contributed by atoms with E-state index >= 15 is 4.39 Å². The van der Waals surface area contributed by atoms with Crippen molar-refractivity contribution in [3.05, 3.63) is 204 Å². The van der Waals surface area contributed by atoms with E-state index in [1.165, 1.54) is 39.4 Å². The van der Waals surface area contributed by atoms with Crippen molar-refractivity contribution in [3.63, 3.8) is 0 Å². The second-order valence-electron chi connectivity index (χ2n) is 15.8. The molecule has 288 valence electrons. The lowest BCUT2D eigenvalue weighted by atomic mass is 9.97. The minimum Gasteiger partial charge on any atom is -0.309 e. The van der Waals surface area contributed by atoms with Crippen molar-refractivity contribution >= 4 is 21.8 Å². The van der Waals surface area contributed by atoms with Crippen LogP contribution in [0.1, 0.15) is 22.3 Å². The first kappa shape index (κ1) is 36.8. The molecule has 0 aliphatic rings. The molecule has 0 amide bonds. The highest BCUT2D eigenvalue weighted by Gasteiger charge is 2.21. The number of aryl methyl sites for hydroxylation is 4. The van der Waals surface area contributed by atoms with Gasteiger partial charge in [0.25, 0.3) is 0 Å². The minimum absolute atomic E-state index is 0.326. The van der Waals surface area contributed by atoms with E-state index in [0.29, 0.717) is 34.2 Å². The van der Waals surface area contributed by atoms with Crippen LogP contribution < -0.4 is 0 Å². The average Bonchev–Trinajstić information content (AvgIpc) is 3.59. The van der Waals surface area contributed by atoms with Gasteiger partial charge in [0, 0.05) is 38.7 Å². The van der Waals surface area contributed by atoms with Crippen LogP contribution >= 0.6 is 0 Å². The Morgan fingerprint density at radius 1 is 0.350 bits per heavy atom. The molecule has 10 rings (SSSR count). The summed E-state index contributed by atoms with van der Waals surface area (Å²) in [5, 5.41) is 2.28. The number of aromatic nitrogens is 4. The van der Waals surface area contributed by atoms with Crippen molar-refractivity contribution in [2.75, 3.05) is 0 Å². The fourth-order valence-corrected chi connectivity index (χ4v) is 8.64. The number of halogens is 1. The summed E-state index contributed by atoms with van der Waals surface area (Å²) in [6, 6.07) is 59.9. The van der Waals surface area contributed by atoms with Crippen molar-refractivity contribution in [1.82, 2.24) is 19.5 Å². The second kappa shape index (κ2) is 15.0. The van der Waals surface area contributed by atoms with Gasteiger partial charge in [-0.2, -0.15) is 0 Å². The summed E-state index contributed by atoms with van der Waals surface area (Å²) in [4.78, 5) is 15.1. The maximum Gasteiger partial charge on any atom is 0.164 e. The van der Waals surface area contributed by atoms with Crippen LogP contribution in [0.2, 0.25) is 0 Å². The maximum absolute atomic E-state index is 16.2. The minimum atomic E-state index is -0.326. The Bertz CT molecular complexity index is 3050. The molecule has 0 aliphatic heterocycles. The summed E-state index contributed by atoms with van der Waals surface area (Å²) in [5.74, 6) is 1.23. The van der Waals surface area contributed by atoms with Crippen molar-refractivity contribution in [3.8, 4) is 73.2 Å². The van der Waals surface area contributed by atoms with E-state index in [2.05, 4.69) is 117 Å². The molecule has 0 fully saturated rings. The predicted molar refractivity (Wildman–Crippen MR) is 246 cm³/mol. The number of benzene rings is 8. The Labute approximate surface area is 349 Å². The third-order valence-electron chi connectivity index (χ3n) is 11.2. The second-order valence-corrected chi connectivity index (χ2v) is 15.8. The van der Waals surface area contributed by atoms with E-state index in [-0.39, 0.29) is 5.82 Å². The fourth-order valence-electron chi connectivity index (χ4n) is 8.64. The lowest BCUT2D eigenvalue weighted by Crippen LogP contribution is -2.02. The molecular formula is C55H41FN4. The molecule has 0 N–H and O–H groups in total. The lowest BCUT2D eigenvalue weighted by Gasteiger charge is -2.16. The molecule has 0 spiro atoms. The van der Waals surface area contributed by atoms with Gasteiger partial charge in [-0.15, -0.1) is 0 Å². The van der Waals surface area contributed by atoms with Gasteiger partial charge in [0.05, 0.1) is 11.0 Å². The summed E-state index contributed by atoms with van der Waals surface area (Å²) in [5.41, 5.74) is 16.1. The van der Waals surface area contributed by atoms with Crippen molar-refractivity contribution < 1.29 is 4.39 Å². The zero-order chi connectivity index (χ0) is 40.9. The first-order chi connectivity index (χ1) is 29.3. The Morgan fingerprint density at radius 3 is 1.32 bits per heavy atom. The van der Waals surface area contributed by atoms with Crippen LogP contribution in [0, 0.1) is 33.5 Å². The van der Waals surface area contributed by atoms with E-state index in [9.17, 15) is 0 Å². The molecule has 8 aromatic carbocycles. The number of fused-ring (bicyclic) bond motifs is 3. The van der Waals surface area contributed by atoms with Gasteiger partial charge in [0.2, 0.25) is 0 Å². The third kappa shape index (κ3) is 6.84. The number of hydrogen-bond acceptors (Lipinski definition) is 3. The average molecular weight is 777 g/mol. The van der Waals surface area contributed by atoms with Gasteiger partial charge in [-0.05, 0) is 91.9 Å². The van der Waals surface area contributed by atoms with Gasteiger partial charge in [-0.3, -0.25) is 0 Å². The van der Waals surface area contributed by atoms with Crippen molar-refractivity contribution in [2.45, 2.75) is 27.7 Å². The van der Waals surface area contributed by atoms with Crippen LogP contribution in [0.5, 0.6) is 0 Å². The summed E-state index contributed by atoms with van der Waals surface area (Å²) in [6.07, 6.45) is 0. The SMILES string of the molecule is Cc1cc(C)cc(-c2ccc3c4ccc(-c5cc(C)cc(C)c5)cc4n(-c4ccc(-c5nc(-c6ccccc6)nc(-c6ccccc6)n5)c(-c5ccccc5F)c4)c3c2)c1. The highest BCUT2D eigenvalue weighted by Crippen LogP contribution is 2.41. The Hall–Kier alpha value is -7.50. The normalized spacial score (nSPS) is 11.4. The zero-order valence-corrected chi connectivity index (χ0v) is 33.9. The van der Waals surface area contributed by atoms with E-state index in [1.807, 2.05) is 78.9 Å². The number of hydrogen-bond donors (Lipinski definition) is 0. The molecule has 0 aliphatic carbocycles. The van der Waals surface area contributed by atoms with Gasteiger partial charge in [0.1, 0.15) is 5.82 Å². The van der Waals surface area contributed by atoms with Crippen LogP contribution in [0.15, 0.2) is 176 Å². The largest absolute Gasteiger partial charge is 0.309 e. The molecular weight excluding hydrogens is 736 g/mol. The lowest BCUT2D eigenvalue weighted by molar-refractivity contribution is 0.631. The number of rotatable bonds is 7. The first-order valence-corrected chi connectivity index (χ1v) is 20.3. The standard InChI is InChI=1S/C55H41FN4/c1-34-25-35(2)28-42(27-34)40-19-22-46-47-23-20-41(43-29-36(3)26-37(4)30-43)32-52(47)60(51(46)31-40)44-21-24-48(49(33-44)45-17-11-12-18-50(45)56)55-58-53(38-13-7-5-8-14-38)57-54(59-55)39-15-9-6-10-16-39/h5-33H,1-4H3. The highest BCUT2D eigenvalue weighted by atomic mass is 19.1. The molecule has 2 heterocycles. The first-order valence-electron chi connectivity index (χ1n) is 20.3. The molecule has 5 heteroatoms. The van der Waals surface area contributed by atoms with Crippen molar-refractivity contribution in [2.24, 2.45) is 0 Å².